The highest BCUT2D eigenvalue weighted by Gasteiger charge is 2.12. The molecule has 0 fully saturated rings. The number of pyridine rings is 1. The second-order valence-electron chi connectivity index (χ2n) is 6.27. The lowest BCUT2D eigenvalue weighted by Gasteiger charge is -2.11. The lowest BCUT2D eigenvalue weighted by Crippen LogP contribution is -2.15. The molecule has 4 rings (SSSR count). The molecule has 4 aromatic rings. The van der Waals surface area contributed by atoms with E-state index in [1.807, 2.05) is 53.9 Å². The summed E-state index contributed by atoms with van der Waals surface area (Å²) in [4.78, 5) is 21.2. The van der Waals surface area contributed by atoms with E-state index in [-0.39, 0.29) is 12.3 Å². The molecule has 1 amide bonds. The van der Waals surface area contributed by atoms with Crippen LogP contribution in [0.2, 0.25) is 5.02 Å². The summed E-state index contributed by atoms with van der Waals surface area (Å²) in [6, 6.07) is 20.2. The molecule has 0 aliphatic heterocycles. The lowest BCUT2D eigenvalue weighted by molar-refractivity contribution is -0.115. The summed E-state index contributed by atoms with van der Waals surface area (Å²) in [6.45, 7) is 0. The summed E-state index contributed by atoms with van der Waals surface area (Å²) in [6.07, 6.45) is 1.70. The van der Waals surface area contributed by atoms with E-state index in [1.54, 1.807) is 24.4 Å². The molecule has 0 aliphatic rings. The fourth-order valence-electron chi connectivity index (χ4n) is 2.64. The van der Waals surface area contributed by atoms with Gasteiger partial charge in [0, 0.05) is 11.6 Å². The highest BCUT2D eigenvalue weighted by Crippen LogP contribution is 2.29. The lowest BCUT2D eigenvalue weighted by atomic mass is 10.2. The molecule has 8 heteroatoms. The van der Waals surface area contributed by atoms with Gasteiger partial charge in [-0.15, -0.1) is 11.3 Å². The molecule has 0 saturated carbocycles. The topological polar surface area (TPSA) is 76.1 Å². The van der Waals surface area contributed by atoms with Crippen molar-refractivity contribution in [3.8, 4) is 11.5 Å². The van der Waals surface area contributed by atoms with Gasteiger partial charge in [0.2, 0.25) is 5.91 Å². The number of rotatable bonds is 7. The smallest absolute Gasteiger partial charge is 0.230 e. The molecule has 0 aliphatic carbocycles. The van der Waals surface area contributed by atoms with Gasteiger partial charge in [0.25, 0.3) is 0 Å². The Balaban J connectivity index is 1.38. The van der Waals surface area contributed by atoms with Crippen LogP contribution in [0.4, 0.5) is 16.6 Å². The number of para-hydroxylation sites is 3. The van der Waals surface area contributed by atoms with Crippen molar-refractivity contribution >= 4 is 45.5 Å². The van der Waals surface area contributed by atoms with E-state index in [0.29, 0.717) is 38.9 Å². The van der Waals surface area contributed by atoms with Crippen LogP contribution in [0, 0.1) is 0 Å². The van der Waals surface area contributed by atoms with E-state index in [9.17, 15) is 4.79 Å². The normalized spacial score (nSPS) is 10.4. The minimum Gasteiger partial charge on any atom is -0.455 e. The van der Waals surface area contributed by atoms with E-state index in [0.717, 1.165) is 0 Å². The van der Waals surface area contributed by atoms with Gasteiger partial charge in [-0.3, -0.25) is 4.79 Å². The predicted molar refractivity (Wildman–Crippen MR) is 120 cm³/mol. The summed E-state index contributed by atoms with van der Waals surface area (Å²) < 4.78 is 5.88. The fourth-order valence-corrected chi connectivity index (χ4v) is 3.47. The number of ether oxygens (including phenoxy) is 1. The van der Waals surface area contributed by atoms with Crippen LogP contribution in [-0.2, 0) is 11.2 Å². The average molecular weight is 437 g/mol. The first kappa shape index (κ1) is 19.9. The van der Waals surface area contributed by atoms with Crippen LogP contribution in [0.3, 0.4) is 0 Å². The van der Waals surface area contributed by atoms with Crippen LogP contribution in [0.15, 0.2) is 78.3 Å². The summed E-state index contributed by atoms with van der Waals surface area (Å²) >= 11 is 7.24. The van der Waals surface area contributed by atoms with Gasteiger partial charge in [0.05, 0.1) is 22.8 Å². The second kappa shape index (κ2) is 9.39. The monoisotopic (exact) mass is 436 g/mol. The molecule has 150 valence electrons. The molecule has 2 heterocycles. The standard InChI is InChI=1S/C22H17ClN4O2S/c23-15-10-11-20(24-13-15)27-22-25-16(14-30-22)12-21(28)26-18-8-4-5-9-19(18)29-17-6-2-1-3-7-17/h1-11,13-14H,12H2,(H,26,28)(H,24,25,27). The maximum absolute atomic E-state index is 12.5. The largest absolute Gasteiger partial charge is 0.455 e. The quantitative estimate of drug-likeness (QED) is 0.376. The van der Waals surface area contributed by atoms with E-state index >= 15 is 0 Å². The number of amides is 1. The number of nitrogens with one attached hydrogen (secondary N) is 2. The third kappa shape index (κ3) is 5.34. The Labute approximate surface area is 182 Å². The summed E-state index contributed by atoms with van der Waals surface area (Å²) in [5.41, 5.74) is 1.26. The second-order valence-corrected chi connectivity index (χ2v) is 7.56. The fraction of sp³-hybridized carbons (Fsp3) is 0.0455. The Morgan fingerprint density at radius 2 is 1.83 bits per heavy atom. The zero-order valence-electron chi connectivity index (χ0n) is 15.7. The highest BCUT2D eigenvalue weighted by atomic mass is 35.5. The SMILES string of the molecule is O=C(Cc1csc(Nc2ccc(Cl)cn2)n1)Nc1ccccc1Oc1ccccc1. The zero-order valence-corrected chi connectivity index (χ0v) is 17.3. The molecular weight excluding hydrogens is 420 g/mol. The number of anilines is 3. The number of nitrogens with zero attached hydrogens (tertiary/aromatic N) is 2. The van der Waals surface area contributed by atoms with E-state index in [4.69, 9.17) is 16.3 Å². The van der Waals surface area contributed by atoms with Crippen LogP contribution in [-0.4, -0.2) is 15.9 Å². The van der Waals surface area contributed by atoms with Crippen molar-refractivity contribution in [2.75, 3.05) is 10.6 Å². The van der Waals surface area contributed by atoms with Crippen molar-refractivity contribution < 1.29 is 9.53 Å². The third-order valence-electron chi connectivity index (χ3n) is 3.99. The predicted octanol–water partition coefficient (Wildman–Crippen LogP) is 5.91. The number of thiazole rings is 1. The van der Waals surface area contributed by atoms with Gasteiger partial charge in [-0.1, -0.05) is 41.9 Å². The van der Waals surface area contributed by atoms with Crippen molar-refractivity contribution in [3.63, 3.8) is 0 Å². The van der Waals surface area contributed by atoms with Crippen LogP contribution < -0.4 is 15.4 Å². The molecule has 0 spiro atoms. The van der Waals surface area contributed by atoms with Crippen LogP contribution in [0.25, 0.3) is 0 Å². The number of halogens is 1. The number of carbonyl (C=O) groups is 1. The van der Waals surface area contributed by atoms with Crippen LogP contribution >= 0.6 is 22.9 Å². The number of aromatic nitrogens is 2. The third-order valence-corrected chi connectivity index (χ3v) is 5.02. The summed E-state index contributed by atoms with van der Waals surface area (Å²) in [7, 11) is 0. The molecule has 0 saturated heterocycles. The van der Waals surface area contributed by atoms with Gasteiger partial charge in [-0.05, 0) is 36.4 Å². The van der Waals surface area contributed by atoms with Gasteiger partial charge in [-0.25, -0.2) is 9.97 Å². The van der Waals surface area contributed by atoms with Gasteiger partial charge in [0.1, 0.15) is 11.6 Å². The molecule has 2 N–H and O–H groups in total. The molecule has 0 unspecified atom stereocenters. The van der Waals surface area contributed by atoms with Crippen LogP contribution in [0.5, 0.6) is 11.5 Å². The van der Waals surface area contributed by atoms with E-state index in [2.05, 4.69) is 20.6 Å². The minimum atomic E-state index is -0.180. The molecule has 6 nitrogen and oxygen atoms in total. The van der Waals surface area contributed by atoms with Crippen LogP contribution in [0.1, 0.15) is 5.69 Å². The molecule has 0 atom stereocenters. The Morgan fingerprint density at radius 1 is 1.03 bits per heavy atom. The van der Waals surface area contributed by atoms with E-state index in [1.165, 1.54) is 11.3 Å². The number of hydrogen-bond acceptors (Lipinski definition) is 6. The number of hydrogen-bond donors (Lipinski definition) is 2. The molecule has 2 aromatic heterocycles. The van der Waals surface area contributed by atoms with Crippen molar-refractivity contribution in [1.82, 2.24) is 9.97 Å². The molecule has 30 heavy (non-hydrogen) atoms. The average Bonchev–Trinajstić information content (AvgIpc) is 3.18. The summed E-state index contributed by atoms with van der Waals surface area (Å²) in [5.74, 6) is 1.73. The minimum absolute atomic E-state index is 0.145. The number of carbonyl (C=O) groups excluding carboxylic acids is 1. The van der Waals surface area contributed by atoms with Gasteiger partial charge in [0.15, 0.2) is 10.9 Å². The molecule has 2 aromatic carbocycles. The van der Waals surface area contributed by atoms with Gasteiger partial charge >= 0.3 is 0 Å². The van der Waals surface area contributed by atoms with Crippen molar-refractivity contribution in [2.45, 2.75) is 6.42 Å². The maximum atomic E-state index is 12.5. The van der Waals surface area contributed by atoms with Gasteiger partial charge in [-0.2, -0.15) is 0 Å². The first-order chi connectivity index (χ1) is 14.7. The molecule has 0 radical (unpaired) electrons. The van der Waals surface area contributed by atoms with E-state index < -0.39 is 0 Å². The Hall–Kier alpha value is -3.42. The van der Waals surface area contributed by atoms with Crippen molar-refractivity contribution in [2.24, 2.45) is 0 Å². The summed E-state index contributed by atoms with van der Waals surface area (Å²) in [5, 5.41) is 9.05. The molecule has 0 bridgehead atoms. The van der Waals surface area contributed by atoms with Gasteiger partial charge < -0.3 is 15.4 Å². The van der Waals surface area contributed by atoms with Crippen molar-refractivity contribution in [1.29, 1.82) is 0 Å². The first-order valence-electron chi connectivity index (χ1n) is 9.10. The Kier molecular flexibility index (Phi) is 6.22. The maximum Gasteiger partial charge on any atom is 0.230 e. The Morgan fingerprint density at radius 3 is 2.63 bits per heavy atom. The Bertz CT molecular complexity index is 1130. The first-order valence-corrected chi connectivity index (χ1v) is 10.4. The zero-order chi connectivity index (χ0) is 20.8. The van der Waals surface area contributed by atoms with Crippen molar-refractivity contribution in [3.05, 3.63) is 89.0 Å². The number of benzene rings is 2. The molecular formula is C22H17ClN4O2S. The highest BCUT2D eigenvalue weighted by molar-refractivity contribution is 7.13.